The lowest BCUT2D eigenvalue weighted by Gasteiger charge is -2.33. The lowest BCUT2D eigenvalue weighted by Crippen LogP contribution is -2.48. The van der Waals surface area contributed by atoms with Gasteiger partial charge in [-0.05, 0) is 37.1 Å². The Labute approximate surface area is 123 Å². The number of rotatable bonds is 4. The summed E-state index contributed by atoms with van der Waals surface area (Å²) in [4.78, 5) is 13.5. The summed E-state index contributed by atoms with van der Waals surface area (Å²) in [6.07, 6.45) is 1.97. The van der Waals surface area contributed by atoms with Gasteiger partial charge in [0.2, 0.25) is 5.91 Å². The zero-order valence-electron chi connectivity index (χ0n) is 11.2. The Balaban J connectivity index is 1.94. The molecular formula is C14H19ClFN3O. The molecule has 0 unspecified atom stereocenters. The number of hydrogen-bond donors (Lipinski definition) is 2. The maximum Gasteiger partial charge on any atom is 0.233 e. The topological polar surface area (TPSA) is 58.4 Å². The molecule has 0 radical (unpaired) electrons. The third-order valence-corrected chi connectivity index (χ3v) is 3.82. The number of likely N-dealkylation sites (tertiary alicyclic amines) is 1. The quantitative estimate of drug-likeness (QED) is 0.886. The number of nitrogens with one attached hydrogen (secondary N) is 1. The van der Waals surface area contributed by atoms with Crippen molar-refractivity contribution in [1.29, 1.82) is 0 Å². The van der Waals surface area contributed by atoms with Crippen LogP contribution in [0.15, 0.2) is 18.2 Å². The highest BCUT2D eigenvalue weighted by Crippen LogP contribution is 2.21. The highest BCUT2D eigenvalue weighted by atomic mass is 35.5. The van der Waals surface area contributed by atoms with Crippen molar-refractivity contribution in [2.75, 3.05) is 19.6 Å². The predicted molar refractivity (Wildman–Crippen MR) is 76.9 cm³/mol. The summed E-state index contributed by atoms with van der Waals surface area (Å²) in [5.74, 6) is -0.456. The number of benzene rings is 1. The highest BCUT2D eigenvalue weighted by molar-refractivity contribution is 6.31. The second-order valence-electron chi connectivity index (χ2n) is 5.08. The molecule has 1 aromatic carbocycles. The van der Waals surface area contributed by atoms with E-state index in [4.69, 9.17) is 17.3 Å². The summed E-state index contributed by atoms with van der Waals surface area (Å²) in [6, 6.07) is 4.58. The van der Waals surface area contributed by atoms with Crippen molar-refractivity contribution in [1.82, 2.24) is 10.2 Å². The molecule has 6 heteroatoms. The van der Waals surface area contributed by atoms with Gasteiger partial charge in [-0.15, -0.1) is 0 Å². The maximum atomic E-state index is 13.0. The fourth-order valence-corrected chi connectivity index (χ4v) is 2.72. The van der Waals surface area contributed by atoms with E-state index in [1.165, 1.54) is 12.1 Å². The average molecular weight is 300 g/mol. The number of carbonyl (C=O) groups excluding carboxylic acids is 1. The molecule has 110 valence electrons. The van der Waals surface area contributed by atoms with E-state index in [2.05, 4.69) is 10.2 Å². The van der Waals surface area contributed by atoms with Gasteiger partial charge in [0.15, 0.2) is 0 Å². The first-order valence-electron chi connectivity index (χ1n) is 6.74. The summed E-state index contributed by atoms with van der Waals surface area (Å²) in [5.41, 5.74) is 6.20. The SMILES string of the molecule is NCC(=O)N[C@@H]1CCCN(Cc2ccc(F)cc2Cl)C1. The van der Waals surface area contributed by atoms with E-state index in [0.717, 1.165) is 31.5 Å². The monoisotopic (exact) mass is 299 g/mol. The van der Waals surface area contributed by atoms with Crippen molar-refractivity contribution in [3.63, 3.8) is 0 Å². The molecule has 0 spiro atoms. The lowest BCUT2D eigenvalue weighted by molar-refractivity contribution is -0.120. The van der Waals surface area contributed by atoms with Crippen LogP contribution < -0.4 is 11.1 Å². The van der Waals surface area contributed by atoms with Crippen LogP contribution in [0.5, 0.6) is 0 Å². The van der Waals surface area contributed by atoms with Gasteiger partial charge in [-0.1, -0.05) is 17.7 Å². The van der Waals surface area contributed by atoms with Gasteiger partial charge in [-0.3, -0.25) is 9.69 Å². The minimum Gasteiger partial charge on any atom is -0.351 e. The van der Waals surface area contributed by atoms with E-state index in [9.17, 15) is 9.18 Å². The van der Waals surface area contributed by atoms with E-state index in [0.29, 0.717) is 11.6 Å². The summed E-state index contributed by atoms with van der Waals surface area (Å²) < 4.78 is 13.0. The Morgan fingerprint density at radius 3 is 3.05 bits per heavy atom. The fraction of sp³-hybridized carbons (Fsp3) is 0.500. The van der Waals surface area contributed by atoms with Gasteiger partial charge in [-0.25, -0.2) is 4.39 Å². The third-order valence-electron chi connectivity index (χ3n) is 3.47. The van der Waals surface area contributed by atoms with Gasteiger partial charge in [0.25, 0.3) is 0 Å². The van der Waals surface area contributed by atoms with E-state index >= 15 is 0 Å². The van der Waals surface area contributed by atoms with E-state index in [1.807, 2.05) is 0 Å². The largest absolute Gasteiger partial charge is 0.351 e. The number of carbonyl (C=O) groups is 1. The molecule has 1 aliphatic heterocycles. The first-order valence-corrected chi connectivity index (χ1v) is 7.12. The minimum absolute atomic E-state index is 0.0142. The van der Waals surface area contributed by atoms with E-state index in [1.54, 1.807) is 6.07 Å². The molecule has 1 heterocycles. The first-order chi connectivity index (χ1) is 9.58. The van der Waals surface area contributed by atoms with Crippen LogP contribution in [0.3, 0.4) is 0 Å². The molecule has 0 saturated carbocycles. The molecular weight excluding hydrogens is 281 g/mol. The molecule has 1 fully saturated rings. The Kier molecular flexibility index (Phi) is 5.34. The van der Waals surface area contributed by atoms with Crippen LogP contribution in [0.1, 0.15) is 18.4 Å². The molecule has 1 aliphatic rings. The molecule has 3 N–H and O–H groups in total. The normalized spacial score (nSPS) is 19.9. The molecule has 0 aliphatic carbocycles. The van der Waals surface area contributed by atoms with Crippen LogP contribution in [0.25, 0.3) is 0 Å². The van der Waals surface area contributed by atoms with E-state index < -0.39 is 0 Å². The Morgan fingerprint density at radius 1 is 1.55 bits per heavy atom. The number of nitrogens with two attached hydrogens (primary N) is 1. The molecule has 0 aromatic heterocycles. The van der Waals surface area contributed by atoms with Crippen molar-refractivity contribution in [3.8, 4) is 0 Å². The lowest BCUT2D eigenvalue weighted by atomic mass is 10.0. The minimum atomic E-state index is -0.328. The van der Waals surface area contributed by atoms with Crippen molar-refractivity contribution < 1.29 is 9.18 Å². The summed E-state index contributed by atoms with van der Waals surface area (Å²) >= 11 is 6.04. The number of halogens is 2. The predicted octanol–water partition coefficient (Wildman–Crippen LogP) is 1.52. The third kappa shape index (κ3) is 4.16. The number of amides is 1. The van der Waals surface area contributed by atoms with Crippen LogP contribution in [-0.4, -0.2) is 36.5 Å². The average Bonchev–Trinajstić information content (AvgIpc) is 2.42. The first kappa shape index (κ1) is 15.2. The summed E-state index contributed by atoms with van der Waals surface area (Å²) in [6.45, 7) is 2.39. The van der Waals surface area contributed by atoms with Crippen LogP contribution in [0, 0.1) is 5.82 Å². The smallest absolute Gasteiger partial charge is 0.233 e. The number of hydrogen-bond acceptors (Lipinski definition) is 3. The van der Waals surface area contributed by atoms with Gasteiger partial charge >= 0.3 is 0 Å². The zero-order valence-corrected chi connectivity index (χ0v) is 12.0. The Bertz CT molecular complexity index is 483. The number of nitrogens with zero attached hydrogens (tertiary/aromatic N) is 1. The van der Waals surface area contributed by atoms with Crippen molar-refractivity contribution >= 4 is 17.5 Å². The summed E-state index contributed by atoms with van der Waals surface area (Å²) in [5, 5.41) is 3.35. The molecule has 4 nitrogen and oxygen atoms in total. The van der Waals surface area contributed by atoms with Gasteiger partial charge in [0.1, 0.15) is 5.82 Å². The molecule has 20 heavy (non-hydrogen) atoms. The van der Waals surface area contributed by atoms with Gasteiger partial charge in [0.05, 0.1) is 6.54 Å². The van der Waals surface area contributed by atoms with E-state index in [-0.39, 0.29) is 24.3 Å². The summed E-state index contributed by atoms with van der Waals surface area (Å²) in [7, 11) is 0. The molecule has 1 amide bonds. The van der Waals surface area contributed by atoms with Gasteiger partial charge < -0.3 is 11.1 Å². The van der Waals surface area contributed by atoms with Gasteiger partial charge in [-0.2, -0.15) is 0 Å². The molecule has 1 aromatic rings. The standard InChI is InChI=1S/C14H19ClFN3O/c15-13-6-11(16)4-3-10(13)8-19-5-1-2-12(9-19)18-14(20)7-17/h3-4,6,12H,1-2,5,7-9,17H2,(H,18,20)/t12-/m1/s1. The maximum absolute atomic E-state index is 13.0. The van der Waals surface area contributed by atoms with Crippen molar-refractivity contribution in [2.24, 2.45) is 5.73 Å². The molecule has 2 rings (SSSR count). The van der Waals surface area contributed by atoms with Crippen LogP contribution in [-0.2, 0) is 11.3 Å². The molecule has 1 saturated heterocycles. The number of piperidine rings is 1. The molecule has 0 bridgehead atoms. The van der Waals surface area contributed by atoms with Crippen LogP contribution in [0.4, 0.5) is 4.39 Å². The fourth-order valence-electron chi connectivity index (χ4n) is 2.49. The van der Waals surface area contributed by atoms with Crippen LogP contribution in [0.2, 0.25) is 5.02 Å². The highest BCUT2D eigenvalue weighted by Gasteiger charge is 2.21. The van der Waals surface area contributed by atoms with Crippen molar-refractivity contribution in [3.05, 3.63) is 34.6 Å². The van der Waals surface area contributed by atoms with Crippen LogP contribution >= 0.6 is 11.6 Å². The molecule has 1 atom stereocenters. The Hall–Kier alpha value is -1.17. The second-order valence-corrected chi connectivity index (χ2v) is 5.49. The Morgan fingerprint density at radius 2 is 2.35 bits per heavy atom. The zero-order chi connectivity index (χ0) is 14.5. The second kappa shape index (κ2) is 7.02. The van der Waals surface area contributed by atoms with Gasteiger partial charge in [0, 0.05) is 24.2 Å². The van der Waals surface area contributed by atoms with Crippen molar-refractivity contribution in [2.45, 2.75) is 25.4 Å².